The van der Waals surface area contributed by atoms with E-state index in [4.69, 9.17) is 9.47 Å². The first-order valence-corrected chi connectivity index (χ1v) is 13.2. The molecule has 0 aliphatic rings. The van der Waals surface area contributed by atoms with Crippen molar-refractivity contribution in [2.24, 2.45) is 0 Å². The predicted molar refractivity (Wildman–Crippen MR) is 138 cm³/mol. The van der Waals surface area contributed by atoms with E-state index in [0.29, 0.717) is 13.2 Å². The molecule has 2 nitrogen and oxygen atoms in total. The Kier molecular flexibility index (Phi) is 14.4. The molecule has 2 heteroatoms. The Labute approximate surface area is 197 Å². The van der Waals surface area contributed by atoms with Gasteiger partial charge in [-0.15, -0.1) is 0 Å². The standard InChI is InChI=1S/C30H46O2/c1-3-5-7-9-11-13-15-27-17-21-29(22-18-27)31-25-26-32-30-23-19-28(20-24-30)16-14-12-10-8-6-4-2/h17-24H,3-16,25-26H2,1-2H3. The van der Waals surface area contributed by atoms with Crippen LogP contribution < -0.4 is 9.47 Å². The minimum Gasteiger partial charge on any atom is -0.490 e. The van der Waals surface area contributed by atoms with Crippen LogP contribution >= 0.6 is 0 Å². The van der Waals surface area contributed by atoms with Gasteiger partial charge in [0.1, 0.15) is 24.7 Å². The van der Waals surface area contributed by atoms with Crippen LogP contribution in [0.2, 0.25) is 0 Å². The van der Waals surface area contributed by atoms with E-state index in [1.807, 2.05) is 0 Å². The zero-order valence-electron chi connectivity index (χ0n) is 20.7. The normalized spacial score (nSPS) is 10.9. The lowest BCUT2D eigenvalue weighted by Gasteiger charge is -2.10. The number of rotatable bonds is 19. The van der Waals surface area contributed by atoms with Crippen LogP contribution in [0.5, 0.6) is 11.5 Å². The number of unbranched alkanes of at least 4 members (excludes halogenated alkanes) is 10. The third-order valence-electron chi connectivity index (χ3n) is 6.11. The summed E-state index contributed by atoms with van der Waals surface area (Å²) >= 11 is 0. The van der Waals surface area contributed by atoms with Crippen molar-refractivity contribution in [1.29, 1.82) is 0 Å². The van der Waals surface area contributed by atoms with Crippen molar-refractivity contribution in [2.75, 3.05) is 13.2 Å². The Morgan fingerprint density at radius 3 is 1.16 bits per heavy atom. The molecule has 0 aromatic heterocycles. The predicted octanol–water partition coefficient (Wildman–Crippen LogP) is 8.95. The zero-order valence-corrected chi connectivity index (χ0v) is 20.7. The van der Waals surface area contributed by atoms with Crippen molar-refractivity contribution in [1.82, 2.24) is 0 Å². The average molecular weight is 439 g/mol. The van der Waals surface area contributed by atoms with Crippen molar-refractivity contribution in [3.05, 3.63) is 59.7 Å². The van der Waals surface area contributed by atoms with Gasteiger partial charge < -0.3 is 9.47 Å². The first-order valence-electron chi connectivity index (χ1n) is 13.2. The first-order chi connectivity index (χ1) is 15.8. The molecule has 0 fully saturated rings. The van der Waals surface area contributed by atoms with E-state index in [0.717, 1.165) is 11.5 Å². The average Bonchev–Trinajstić information content (AvgIpc) is 2.83. The van der Waals surface area contributed by atoms with Crippen LogP contribution in [0.3, 0.4) is 0 Å². The largest absolute Gasteiger partial charge is 0.490 e. The molecule has 0 unspecified atom stereocenters. The van der Waals surface area contributed by atoms with Crippen molar-refractivity contribution in [3.63, 3.8) is 0 Å². The molecule has 0 aliphatic heterocycles. The molecular weight excluding hydrogens is 392 g/mol. The summed E-state index contributed by atoms with van der Waals surface area (Å²) in [5.74, 6) is 1.85. The summed E-state index contributed by atoms with van der Waals surface area (Å²) in [5, 5.41) is 0. The molecule has 0 amide bonds. The highest BCUT2D eigenvalue weighted by Gasteiger charge is 2.00. The molecule has 178 valence electrons. The molecule has 0 spiro atoms. The monoisotopic (exact) mass is 438 g/mol. The number of benzene rings is 2. The van der Waals surface area contributed by atoms with E-state index in [9.17, 15) is 0 Å². The van der Waals surface area contributed by atoms with Gasteiger partial charge in [-0.2, -0.15) is 0 Å². The van der Waals surface area contributed by atoms with E-state index in [2.05, 4.69) is 62.4 Å². The summed E-state index contributed by atoms with van der Waals surface area (Å²) in [4.78, 5) is 0. The highest BCUT2D eigenvalue weighted by atomic mass is 16.5. The van der Waals surface area contributed by atoms with E-state index in [1.54, 1.807) is 0 Å². The molecule has 0 bridgehead atoms. The van der Waals surface area contributed by atoms with Gasteiger partial charge in [0.25, 0.3) is 0 Å². The van der Waals surface area contributed by atoms with Gasteiger partial charge in [-0.05, 0) is 61.1 Å². The molecule has 0 N–H and O–H groups in total. The maximum absolute atomic E-state index is 5.84. The summed E-state index contributed by atoms with van der Waals surface area (Å²) in [6.45, 7) is 5.67. The molecule has 32 heavy (non-hydrogen) atoms. The molecule has 2 rings (SSSR count). The second kappa shape index (κ2) is 17.6. The number of aryl methyl sites for hydroxylation is 2. The van der Waals surface area contributed by atoms with E-state index in [1.165, 1.54) is 101 Å². The molecule has 0 aliphatic carbocycles. The molecule has 0 saturated heterocycles. The third kappa shape index (κ3) is 12.2. The molecule has 0 heterocycles. The van der Waals surface area contributed by atoms with Gasteiger partial charge in [0.05, 0.1) is 0 Å². The smallest absolute Gasteiger partial charge is 0.122 e. The summed E-state index contributed by atoms with van der Waals surface area (Å²) in [6.07, 6.45) is 18.5. The van der Waals surface area contributed by atoms with E-state index in [-0.39, 0.29) is 0 Å². The van der Waals surface area contributed by atoms with E-state index >= 15 is 0 Å². The fourth-order valence-corrected chi connectivity index (χ4v) is 4.04. The highest BCUT2D eigenvalue weighted by molar-refractivity contribution is 5.28. The second-order valence-corrected chi connectivity index (χ2v) is 9.02. The van der Waals surface area contributed by atoms with Crippen LogP contribution in [0.25, 0.3) is 0 Å². The third-order valence-corrected chi connectivity index (χ3v) is 6.11. The van der Waals surface area contributed by atoms with Gasteiger partial charge >= 0.3 is 0 Å². The summed E-state index contributed by atoms with van der Waals surface area (Å²) < 4.78 is 11.7. The fourth-order valence-electron chi connectivity index (χ4n) is 4.04. The molecule has 2 aromatic rings. The Hall–Kier alpha value is -1.96. The Balaban J connectivity index is 1.54. The van der Waals surface area contributed by atoms with Crippen LogP contribution in [-0.4, -0.2) is 13.2 Å². The van der Waals surface area contributed by atoms with Gasteiger partial charge in [0.2, 0.25) is 0 Å². The first kappa shape index (κ1) is 26.3. The van der Waals surface area contributed by atoms with Gasteiger partial charge in [-0.25, -0.2) is 0 Å². The van der Waals surface area contributed by atoms with Gasteiger partial charge in [0, 0.05) is 0 Å². The van der Waals surface area contributed by atoms with Crippen molar-refractivity contribution < 1.29 is 9.47 Å². The van der Waals surface area contributed by atoms with Crippen LogP contribution in [0.15, 0.2) is 48.5 Å². The highest BCUT2D eigenvalue weighted by Crippen LogP contribution is 2.17. The van der Waals surface area contributed by atoms with Crippen LogP contribution in [-0.2, 0) is 12.8 Å². The maximum Gasteiger partial charge on any atom is 0.122 e. The van der Waals surface area contributed by atoms with Crippen LogP contribution in [0, 0.1) is 0 Å². The number of hydrogen-bond acceptors (Lipinski definition) is 2. The quantitative estimate of drug-likeness (QED) is 0.204. The molecule has 0 radical (unpaired) electrons. The number of hydrogen-bond donors (Lipinski definition) is 0. The maximum atomic E-state index is 5.84. The van der Waals surface area contributed by atoms with Crippen LogP contribution in [0.4, 0.5) is 0 Å². The van der Waals surface area contributed by atoms with Gasteiger partial charge in [-0.3, -0.25) is 0 Å². The number of ether oxygens (including phenoxy) is 2. The van der Waals surface area contributed by atoms with Crippen molar-refractivity contribution in [2.45, 2.75) is 104 Å². The molecule has 0 saturated carbocycles. The summed E-state index contributed by atoms with van der Waals surface area (Å²) in [5.41, 5.74) is 2.82. The minimum atomic E-state index is 0.566. The topological polar surface area (TPSA) is 18.5 Å². The zero-order chi connectivity index (χ0) is 22.7. The van der Waals surface area contributed by atoms with Crippen LogP contribution in [0.1, 0.15) is 102 Å². The fraction of sp³-hybridized carbons (Fsp3) is 0.600. The lowest BCUT2D eigenvalue weighted by atomic mass is 10.0. The van der Waals surface area contributed by atoms with Crippen molar-refractivity contribution >= 4 is 0 Å². The summed E-state index contributed by atoms with van der Waals surface area (Å²) in [6, 6.07) is 17.1. The molecular formula is C30H46O2. The lowest BCUT2D eigenvalue weighted by molar-refractivity contribution is 0.217. The second-order valence-electron chi connectivity index (χ2n) is 9.02. The Morgan fingerprint density at radius 2 is 0.781 bits per heavy atom. The molecule has 0 atom stereocenters. The van der Waals surface area contributed by atoms with Gasteiger partial charge in [0.15, 0.2) is 0 Å². The molecule has 2 aromatic carbocycles. The van der Waals surface area contributed by atoms with Gasteiger partial charge in [-0.1, -0.05) is 102 Å². The van der Waals surface area contributed by atoms with Crippen molar-refractivity contribution in [3.8, 4) is 11.5 Å². The minimum absolute atomic E-state index is 0.566. The summed E-state index contributed by atoms with van der Waals surface area (Å²) in [7, 11) is 0. The SMILES string of the molecule is CCCCCCCCc1ccc(OCCOc2ccc(CCCCCCCC)cc2)cc1. The van der Waals surface area contributed by atoms with E-state index < -0.39 is 0 Å². The lowest BCUT2D eigenvalue weighted by Crippen LogP contribution is -2.09. The Bertz CT molecular complexity index is 613. The Morgan fingerprint density at radius 1 is 0.438 bits per heavy atom.